The number of rotatable bonds is 6. The van der Waals surface area contributed by atoms with Gasteiger partial charge in [-0.05, 0) is 40.5 Å². The number of benzene rings is 8. The van der Waals surface area contributed by atoms with Crippen molar-refractivity contribution < 1.29 is 72.6 Å². The van der Waals surface area contributed by atoms with Gasteiger partial charge >= 0.3 is 198 Å². The second-order valence-electron chi connectivity index (χ2n) is 17.8. The third kappa shape index (κ3) is 12.0. The second-order valence-corrected chi connectivity index (χ2v) is 21.4. The van der Waals surface area contributed by atoms with Crippen molar-refractivity contribution in [1.82, 2.24) is 0 Å². The first kappa shape index (κ1) is 52.3. The Morgan fingerprint density at radius 3 is 1.00 bits per heavy atom. The van der Waals surface area contributed by atoms with Crippen molar-refractivity contribution in [2.24, 2.45) is 0 Å². The van der Waals surface area contributed by atoms with E-state index in [1.165, 1.54) is 116 Å². The van der Waals surface area contributed by atoms with Gasteiger partial charge in [-0.3, -0.25) is 0 Å². The van der Waals surface area contributed by atoms with Gasteiger partial charge in [-0.1, -0.05) is 130 Å². The van der Waals surface area contributed by atoms with E-state index in [0.717, 1.165) is 60.6 Å². The molecular formula is C66H54Cl2Hf2. The molecule has 0 nitrogen and oxygen atoms in total. The second kappa shape index (κ2) is 24.6. The molecule has 0 saturated heterocycles. The van der Waals surface area contributed by atoms with Crippen molar-refractivity contribution in [3.63, 3.8) is 0 Å². The molecule has 0 aromatic heterocycles. The number of hydrogen-bond acceptors (Lipinski definition) is 0. The summed E-state index contributed by atoms with van der Waals surface area (Å²) in [5, 5.41) is 11.0. The molecule has 0 aliphatic heterocycles. The fraction of sp³-hybridized carbons (Fsp3) is 0.0909. The standard InChI is InChI=1S/2C20H17.2C13H10.2ClH.2Hf/c2*1-13-7-9-17-16(11-13)12-19-18(17)10-8-14(2)20(19)15-5-3-4-6-15;2*1-3-7-12(8-4-1)11-13-9-5-2-6-10-13;;;;/h2*3-5,7-12H,6H2,1-2H3;2*1-10H;2*1H;;/q2*-1;;;;;2*+2/p-2. The summed E-state index contributed by atoms with van der Waals surface area (Å²) in [6.07, 6.45) is 15.4. The van der Waals surface area contributed by atoms with Crippen molar-refractivity contribution in [3.8, 4) is 0 Å². The van der Waals surface area contributed by atoms with Gasteiger partial charge in [-0.2, -0.15) is 0 Å². The first-order chi connectivity index (χ1) is 33.2. The zero-order valence-electron chi connectivity index (χ0n) is 40.1. The van der Waals surface area contributed by atoms with Crippen molar-refractivity contribution >= 4 is 60.7 Å². The van der Waals surface area contributed by atoms with Gasteiger partial charge in [0.2, 0.25) is 0 Å². The molecule has 340 valence electrons. The molecule has 0 unspecified atom stereocenters. The van der Waals surface area contributed by atoms with Crippen LogP contribution in [0, 0.1) is 27.7 Å². The summed E-state index contributed by atoms with van der Waals surface area (Å²) in [5.74, 6) is 0. The number of allylic oxidation sites excluding steroid dienone is 8. The number of fused-ring (bicyclic) bond motifs is 6. The van der Waals surface area contributed by atoms with E-state index in [4.69, 9.17) is 0 Å². The maximum atomic E-state index is 2.36. The molecule has 0 bridgehead atoms. The van der Waals surface area contributed by atoms with E-state index in [-0.39, 0.29) is 24.8 Å². The average Bonchev–Trinajstić information content (AvgIpc) is 4.23. The summed E-state index contributed by atoms with van der Waals surface area (Å²) in [5.41, 5.74) is 16.6. The van der Waals surface area contributed by atoms with Crippen LogP contribution in [0.3, 0.4) is 0 Å². The molecule has 2 aliphatic carbocycles. The molecular weight excluding hydrogens is 1220 g/mol. The molecule has 10 aromatic rings. The van der Waals surface area contributed by atoms with Crippen molar-refractivity contribution in [2.45, 2.75) is 40.5 Å². The first-order valence-corrected chi connectivity index (χ1v) is 27.1. The van der Waals surface area contributed by atoms with Crippen LogP contribution in [-0.4, -0.2) is 6.51 Å². The van der Waals surface area contributed by atoms with Crippen LogP contribution in [-0.2, 0) is 47.8 Å². The molecule has 0 fully saturated rings. The molecule has 0 amide bonds. The molecule has 0 saturated carbocycles. The van der Waals surface area contributed by atoms with Crippen molar-refractivity contribution in [1.29, 1.82) is 0 Å². The minimum atomic E-state index is 0. The quantitative estimate of drug-likeness (QED) is 0.115. The van der Waals surface area contributed by atoms with E-state index in [2.05, 4.69) is 258 Å². The SMILES string of the molecule is Cc1ccc2c(c1)[cH-]c1c(C3=CC=CC3)c(C)ccc12.Cc1ccc2c(c1)[cH-]c1c(C3=CC=CC3)c(C)ccc12.[Cl-].[Cl-].[Hf+2]=[C](c1ccccc1)c1ccccc1.[Hf+2]=[C](c1ccccc1)c1ccccc1. The van der Waals surface area contributed by atoms with Crippen LogP contribution in [0.15, 0.2) is 231 Å². The van der Waals surface area contributed by atoms with E-state index in [0.29, 0.717) is 0 Å². The molecule has 12 rings (SSSR count). The monoisotopic (exact) mass is 1280 g/mol. The summed E-state index contributed by atoms with van der Waals surface area (Å²) in [4.78, 5) is 0. The Bertz CT molecular complexity index is 3230. The Balaban J connectivity index is 0.000000138. The normalized spacial score (nSPS) is 12.2. The van der Waals surface area contributed by atoms with Gasteiger partial charge in [-0.25, -0.2) is 0 Å². The molecule has 0 spiro atoms. The van der Waals surface area contributed by atoms with Gasteiger partial charge < -0.3 is 24.8 Å². The number of hydrogen-bond donors (Lipinski definition) is 0. The fourth-order valence-corrected chi connectivity index (χ4v) is 11.9. The molecule has 70 heavy (non-hydrogen) atoms. The van der Waals surface area contributed by atoms with E-state index >= 15 is 0 Å². The van der Waals surface area contributed by atoms with Crippen LogP contribution in [0.1, 0.15) is 68.5 Å². The summed E-state index contributed by atoms with van der Waals surface area (Å²) >= 11 is 2.16. The van der Waals surface area contributed by atoms with Crippen LogP contribution in [0.25, 0.3) is 54.2 Å². The zero-order valence-corrected chi connectivity index (χ0v) is 48.8. The predicted molar refractivity (Wildman–Crippen MR) is 289 cm³/mol. The van der Waals surface area contributed by atoms with Gasteiger partial charge in [0.25, 0.3) is 0 Å². The van der Waals surface area contributed by atoms with Crippen LogP contribution in [0.2, 0.25) is 0 Å². The number of aryl methyl sites for hydroxylation is 4. The van der Waals surface area contributed by atoms with Crippen molar-refractivity contribution in [3.05, 3.63) is 286 Å². The Hall–Kier alpha value is -5.48. The summed E-state index contributed by atoms with van der Waals surface area (Å²) in [6.45, 7) is 8.76. The van der Waals surface area contributed by atoms with Gasteiger partial charge in [0.15, 0.2) is 0 Å². The van der Waals surface area contributed by atoms with Gasteiger partial charge in [0.05, 0.1) is 0 Å². The molecule has 2 aliphatic rings. The molecule has 4 heteroatoms. The van der Waals surface area contributed by atoms with E-state index in [1.54, 1.807) is 0 Å². The van der Waals surface area contributed by atoms with Crippen LogP contribution in [0.5, 0.6) is 0 Å². The first-order valence-electron chi connectivity index (χ1n) is 23.5. The van der Waals surface area contributed by atoms with Crippen LogP contribution in [0.4, 0.5) is 0 Å². The fourth-order valence-electron chi connectivity index (χ4n) is 9.50. The van der Waals surface area contributed by atoms with E-state index in [9.17, 15) is 0 Å². The summed E-state index contributed by atoms with van der Waals surface area (Å²) < 4.78 is 2.93. The Morgan fingerprint density at radius 2 is 0.700 bits per heavy atom. The Morgan fingerprint density at radius 1 is 0.386 bits per heavy atom. The Kier molecular flexibility index (Phi) is 18.4. The van der Waals surface area contributed by atoms with E-state index < -0.39 is 0 Å². The van der Waals surface area contributed by atoms with Gasteiger partial charge in [0, 0.05) is 0 Å². The van der Waals surface area contributed by atoms with E-state index in [1.807, 2.05) is 0 Å². The molecule has 10 aromatic carbocycles. The van der Waals surface area contributed by atoms with Crippen LogP contribution < -0.4 is 24.8 Å². The van der Waals surface area contributed by atoms with Gasteiger partial charge in [-0.15, -0.1) is 67.4 Å². The molecule has 0 radical (unpaired) electrons. The molecule has 0 N–H and O–H groups in total. The third-order valence-corrected chi connectivity index (χ3v) is 17.1. The summed E-state index contributed by atoms with van der Waals surface area (Å²) in [7, 11) is 0. The van der Waals surface area contributed by atoms with Crippen molar-refractivity contribution in [2.75, 3.05) is 0 Å². The predicted octanol–water partition coefficient (Wildman–Crippen LogP) is 11.0. The van der Waals surface area contributed by atoms with Crippen LogP contribution >= 0.6 is 0 Å². The summed E-state index contributed by atoms with van der Waals surface area (Å²) in [6, 6.07) is 69.7. The zero-order chi connectivity index (χ0) is 47.0. The maximum absolute atomic E-state index is 2.36. The minimum absolute atomic E-state index is 0. The number of halogens is 2. The molecule has 0 heterocycles. The average molecular weight is 1280 g/mol. The topological polar surface area (TPSA) is 0 Å². The third-order valence-electron chi connectivity index (χ3n) is 12.9. The van der Waals surface area contributed by atoms with Gasteiger partial charge in [0.1, 0.15) is 0 Å². The molecule has 0 atom stereocenters. The Labute approximate surface area is 455 Å².